The summed E-state index contributed by atoms with van der Waals surface area (Å²) in [4.78, 5) is 0. The highest BCUT2D eigenvalue weighted by Crippen LogP contribution is 2.24. The number of benzene rings is 1. The van der Waals surface area contributed by atoms with E-state index in [1.165, 1.54) is 36.8 Å². The Morgan fingerprint density at radius 1 is 1.25 bits per heavy atom. The lowest BCUT2D eigenvalue weighted by molar-refractivity contribution is 0.0998. The van der Waals surface area contributed by atoms with Gasteiger partial charge in [0.05, 0.1) is 6.10 Å². The van der Waals surface area contributed by atoms with Gasteiger partial charge >= 0.3 is 0 Å². The third-order valence-electron chi connectivity index (χ3n) is 4.18. The lowest BCUT2D eigenvalue weighted by Gasteiger charge is -2.19. The van der Waals surface area contributed by atoms with Crippen molar-refractivity contribution < 1.29 is 4.74 Å². The van der Waals surface area contributed by atoms with Crippen LogP contribution >= 0.6 is 0 Å². The predicted molar refractivity (Wildman–Crippen MR) is 85.0 cm³/mol. The molecule has 2 heteroatoms. The molecule has 1 heterocycles. The molecule has 1 aromatic carbocycles. The molecule has 0 aromatic heterocycles. The van der Waals surface area contributed by atoms with Gasteiger partial charge in [-0.25, -0.2) is 0 Å². The van der Waals surface area contributed by atoms with Crippen molar-refractivity contribution in [1.29, 1.82) is 0 Å². The number of rotatable bonds is 7. The normalized spacial score (nSPS) is 20.5. The monoisotopic (exact) mass is 275 g/mol. The highest BCUT2D eigenvalue weighted by atomic mass is 16.5. The molecule has 0 amide bonds. The molecule has 0 radical (unpaired) electrons. The molecule has 1 aliphatic heterocycles. The molecular weight excluding hydrogens is 246 g/mol. The number of ether oxygens (including phenoxy) is 1. The van der Waals surface area contributed by atoms with E-state index in [0.717, 1.165) is 18.9 Å². The van der Waals surface area contributed by atoms with E-state index in [4.69, 9.17) is 4.74 Å². The van der Waals surface area contributed by atoms with Gasteiger partial charge in [-0.2, -0.15) is 0 Å². The van der Waals surface area contributed by atoms with Crippen molar-refractivity contribution in [3.8, 4) is 0 Å². The minimum Gasteiger partial charge on any atom is -0.378 e. The second-order valence-corrected chi connectivity index (χ2v) is 6.39. The zero-order valence-corrected chi connectivity index (χ0v) is 13.2. The van der Waals surface area contributed by atoms with Crippen LogP contribution in [0.2, 0.25) is 0 Å². The third-order valence-corrected chi connectivity index (χ3v) is 4.18. The van der Waals surface area contributed by atoms with Crippen LogP contribution in [0.4, 0.5) is 0 Å². The summed E-state index contributed by atoms with van der Waals surface area (Å²) in [7, 11) is 2.06. The van der Waals surface area contributed by atoms with Crippen molar-refractivity contribution in [3.05, 3.63) is 35.4 Å². The molecule has 2 unspecified atom stereocenters. The zero-order chi connectivity index (χ0) is 14.4. The van der Waals surface area contributed by atoms with Crippen molar-refractivity contribution in [3.63, 3.8) is 0 Å². The quantitative estimate of drug-likeness (QED) is 0.808. The Labute approximate surface area is 123 Å². The van der Waals surface area contributed by atoms with Crippen LogP contribution in [0.25, 0.3) is 0 Å². The first-order valence-corrected chi connectivity index (χ1v) is 8.06. The van der Waals surface area contributed by atoms with Crippen LogP contribution in [-0.4, -0.2) is 19.8 Å². The van der Waals surface area contributed by atoms with E-state index in [1.807, 2.05) is 0 Å². The molecule has 0 spiro atoms. The van der Waals surface area contributed by atoms with Gasteiger partial charge in [0, 0.05) is 12.6 Å². The average Bonchev–Trinajstić information content (AvgIpc) is 2.94. The van der Waals surface area contributed by atoms with Gasteiger partial charge in [0.15, 0.2) is 0 Å². The molecule has 2 rings (SSSR count). The summed E-state index contributed by atoms with van der Waals surface area (Å²) in [6.07, 6.45) is 6.46. The van der Waals surface area contributed by atoms with E-state index < -0.39 is 0 Å². The summed E-state index contributed by atoms with van der Waals surface area (Å²) < 4.78 is 5.72. The molecule has 1 aromatic rings. The van der Waals surface area contributed by atoms with Gasteiger partial charge in [0.25, 0.3) is 0 Å². The fourth-order valence-corrected chi connectivity index (χ4v) is 3.06. The molecule has 1 aliphatic rings. The van der Waals surface area contributed by atoms with Gasteiger partial charge in [-0.15, -0.1) is 0 Å². The summed E-state index contributed by atoms with van der Waals surface area (Å²) in [5.41, 5.74) is 2.84. The van der Waals surface area contributed by atoms with Crippen molar-refractivity contribution >= 4 is 0 Å². The Morgan fingerprint density at radius 2 is 2.00 bits per heavy atom. The summed E-state index contributed by atoms with van der Waals surface area (Å²) >= 11 is 0. The maximum absolute atomic E-state index is 5.72. The Balaban J connectivity index is 1.89. The largest absolute Gasteiger partial charge is 0.378 e. The minimum atomic E-state index is 0.451. The van der Waals surface area contributed by atoms with Gasteiger partial charge in [-0.05, 0) is 56.2 Å². The smallest absolute Gasteiger partial charge is 0.0576 e. The second kappa shape index (κ2) is 7.80. The summed E-state index contributed by atoms with van der Waals surface area (Å²) in [5, 5.41) is 3.45. The van der Waals surface area contributed by atoms with Gasteiger partial charge in [-0.1, -0.05) is 38.1 Å². The number of hydrogen-bond acceptors (Lipinski definition) is 2. The van der Waals surface area contributed by atoms with Crippen molar-refractivity contribution in [2.75, 3.05) is 13.7 Å². The molecule has 0 bridgehead atoms. The molecular formula is C18H29NO. The number of hydrogen-bond donors (Lipinski definition) is 1. The fourth-order valence-electron chi connectivity index (χ4n) is 3.06. The summed E-state index contributed by atoms with van der Waals surface area (Å²) in [6, 6.07) is 9.59. The van der Waals surface area contributed by atoms with Crippen LogP contribution in [-0.2, 0) is 11.2 Å². The second-order valence-electron chi connectivity index (χ2n) is 6.39. The van der Waals surface area contributed by atoms with Crippen LogP contribution in [0.15, 0.2) is 24.3 Å². The Hall–Kier alpha value is -0.860. The lowest BCUT2D eigenvalue weighted by atomic mass is 9.96. The SMILES string of the molecule is CNC(CCC1CCCO1)c1ccc(CC(C)C)cc1. The molecule has 1 fully saturated rings. The number of nitrogens with one attached hydrogen (secondary N) is 1. The van der Waals surface area contributed by atoms with Crippen molar-refractivity contribution in [2.24, 2.45) is 5.92 Å². The first kappa shape index (κ1) is 15.5. The Bertz CT molecular complexity index is 379. The molecule has 112 valence electrons. The minimum absolute atomic E-state index is 0.451. The van der Waals surface area contributed by atoms with E-state index >= 15 is 0 Å². The van der Waals surface area contributed by atoms with E-state index in [2.05, 4.69) is 50.5 Å². The zero-order valence-electron chi connectivity index (χ0n) is 13.2. The lowest BCUT2D eigenvalue weighted by Crippen LogP contribution is -2.18. The van der Waals surface area contributed by atoms with E-state index in [-0.39, 0.29) is 0 Å². The summed E-state index contributed by atoms with van der Waals surface area (Å²) in [6.45, 7) is 5.50. The van der Waals surface area contributed by atoms with Crippen LogP contribution in [0.1, 0.15) is 56.7 Å². The van der Waals surface area contributed by atoms with E-state index in [0.29, 0.717) is 12.1 Å². The van der Waals surface area contributed by atoms with Crippen molar-refractivity contribution in [1.82, 2.24) is 5.32 Å². The molecule has 0 saturated carbocycles. The molecule has 0 aliphatic carbocycles. The Morgan fingerprint density at radius 3 is 2.55 bits per heavy atom. The first-order valence-electron chi connectivity index (χ1n) is 8.06. The molecule has 2 atom stereocenters. The van der Waals surface area contributed by atoms with Crippen LogP contribution < -0.4 is 5.32 Å². The van der Waals surface area contributed by atoms with E-state index in [9.17, 15) is 0 Å². The standard InChI is InChI=1S/C18H29NO/c1-14(2)13-15-6-8-16(9-7-15)18(19-3)11-10-17-5-4-12-20-17/h6-9,14,17-19H,4-5,10-13H2,1-3H3. The van der Waals surface area contributed by atoms with Gasteiger partial charge in [0.1, 0.15) is 0 Å². The fraction of sp³-hybridized carbons (Fsp3) is 0.667. The first-order chi connectivity index (χ1) is 9.69. The maximum Gasteiger partial charge on any atom is 0.0576 e. The maximum atomic E-state index is 5.72. The van der Waals surface area contributed by atoms with Crippen LogP contribution in [0.3, 0.4) is 0 Å². The molecule has 2 nitrogen and oxygen atoms in total. The predicted octanol–water partition coefficient (Wildman–Crippen LogP) is 4.10. The highest BCUT2D eigenvalue weighted by molar-refractivity contribution is 5.25. The van der Waals surface area contributed by atoms with Crippen molar-refractivity contribution in [2.45, 2.75) is 58.1 Å². The van der Waals surface area contributed by atoms with E-state index in [1.54, 1.807) is 0 Å². The molecule has 1 saturated heterocycles. The van der Waals surface area contributed by atoms with Gasteiger partial charge in [-0.3, -0.25) is 0 Å². The van der Waals surface area contributed by atoms with Crippen LogP contribution in [0, 0.1) is 5.92 Å². The van der Waals surface area contributed by atoms with Crippen LogP contribution in [0.5, 0.6) is 0 Å². The molecule has 1 N–H and O–H groups in total. The molecule has 20 heavy (non-hydrogen) atoms. The average molecular weight is 275 g/mol. The Kier molecular flexibility index (Phi) is 6.06. The summed E-state index contributed by atoms with van der Waals surface area (Å²) in [5.74, 6) is 0.723. The highest BCUT2D eigenvalue weighted by Gasteiger charge is 2.18. The topological polar surface area (TPSA) is 21.3 Å². The third kappa shape index (κ3) is 4.60. The van der Waals surface area contributed by atoms with Gasteiger partial charge in [0.2, 0.25) is 0 Å². The van der Waals surface area contributed by atoms with Gasteiger partial charge < -0.3 is 10.1 Å².